The van der Waals surface area contributed by atoms with Crippen molar-refractivity contribution in [2.45, 2.75) is 39.2 Å². The minimum Gasteiger partial charge on any atom is -0.397 e. The second-order valence-corrected chi connectivity index (χ2v) is 6.49. The Morgan fingerprint density at radius 1 is 1.45 bits per heavy atom. The number of aryl methyl sites for hydroxylation is 1. The van der Waals surface area contributed by atoms with Crippen LogP contribution in [0.3, 0.4) is 0 Å². The molecule has 1 atom stereocenters. The predicted molar refractivity (Wildman–Crippen MR) is 83.1 cm³/mol. The Labute approximate surface area is 122 Å². The maximum Gasteiger partial charge on any atom is 0.266 e. The fourth-order valence-corrected chi connectivity index (χ4v) is 3.87. The van der Waals surface area contributed by atoms with Crippen LogP contribution in [0.2, 0.25) is 0 Å². The summed E-state index contributed by atoms with van der Waals surface area (Å²) < 4.78 is 0. The van der Waals surface area contributed by atoms with E-state index in [0.717, 1.165) is 35.3 Å². The molecule has 2 N–H and O–H groups in total. The summed E-state index contributed by atoms with van der Waals surface area (Å²) in [6.45, 7) is 4.90. The molecule has 0 radical (unpaired) electrons. The average Bonchev–Trinajstić information content (AvgIpc) is 2.75. The van der Waals surface area contributed by atoms with Gasteiger partial charge in [-0.1, -0.05) is 0 Å². The van der Waals surface area contributed by atoms with Crippen LogP contribution in [0.4, 0.5) is 5.69 Å². The highest BCUT2D eigenvalue weighted by Crippen LogP contribution is 2.34. The Morgan fingerprint density at radius 3 is 3.00 bits per heavy atom. The first-order valence-electron chi connectivity index (χ1n) is 7.04. The van der Waals surface area contributed by atoms with E-state index in [-0.39, 0.29) is 5.91 Å². The van der Waals surface area contributed by atoms with Gasteiger partial charge in [-0.2, -0.15) is 0 Å². The third-order valence-corrected chi connectivity index (χ3v) is 5.09. The molecule has 1 aliphatic rings. The Bertz CT molecular complexity index is 664. The van der Waals surface area contributed by atoms with Gasteiger partial charge in [0.15, 0.2) is 0 Å². The smallest absolute Gasteiger partial charge is 0.266 e. The predicted octanol–water partition coefficient (Wildman–Crippen LogP) is 3.20. The standard InChI is InChI=1S/C15H19N3OS/c1-9-6-7-11-12(16)13(20-14(11)17-9)15(19)18-8-4-3-5-10(18)2/h6-7,10H,3-5,8,16H2,1-2H3. The van der Waals surface area contributed by atoms with Crippen LogP contribution in [-0.2, 0) is 0 Å². The van der Waals surface area contributed by atoms with Gasteiger partial charge < -0.3 is 10.6 Å². The van der Waals surface area contributed by atoms with E-state index in [2.05, 4.69) is 11.9 Å². The summed E-state index contributed by atoms with van der Waals surface area (Å²) in [5.41, 5.74) is 7.70. The van der Waals surface area contributed by atoms with Crippen LogP contribution in [0.25, 0.3) is 10.2 Å². The largest absolute Gasteiger partial charge is 0.397 e. The lowest BCUT2D eigenvalue weighted by atomic mass is 10.0. The molecule has 3 heterocycles. The summed E-state index contributed by atoms with van der Waals surface area (Å²) >= 11 is 1.41. The molecule has 106 valence electrons. The molecule has 2 aromatic rings. The zero-order chi connectivity index (χ0) is 14.3. The van der Waals surface area contributed by atoms with Crippen molar-refractivity contribution >= 4 is 33.1 Å². The van der Waals surface area contributed by atoms with E-state index in [0.29, 0.717) is 16.6 Å². The van der Waals surface area contributed by atoms with Gasteiger partial charge in [-0.3, -0.25) is 4.79 Å². The highest BCUT2D eigenvalue weighted by Gasteiger charge is 2.27. The molecule has 1 saturated heterocycles. The van der Waals surface area contributed by atoms with Gasteiger partial charge in [-0.25, -0.2) is 4.98 Å². The minimum absolute atomic E-state index is 0.0651. The molecule has 4 nitrogen and oxygen atoms in total. The number of nitrogens with zero attached hydrogens (tertiary/aromatic N) is 2. The molecule has 1 fully saturated rings. The van der Waals surface area contributed by atoms with Gasteiger partial charge in [0.2, 0.25) is 0 Å². The number of aromatic nitrogens is 1. The van der Waals surface area contributed by atoms with Crippen LogP contribution in [0.1, 0.15) is 41.6 Å². The molecule has 0 aliphatic carbocycles. The molecular weight excluding hydrogens is 270 g/mol. The zero-order valence-corrected chi connectivity index (χ0v) is 12.7. The third kappa shape index (κ3) is 2.16. The summed E-state index contributed by atoms with van der Waals surface area (Å²) in [6.07, 6.45) is 3.36. The van der Waals surface area contributed by atoms with Crippen LogP contribution in [0.5, 0.6) is 0 Å². The number of nitrogens with two attached hydrogens (primary N) is 1. The number of carbonyl (C=O) groups is 1. The monoisotopic (exact) mass is 289 g/mol. The van der Waals surface area contributed by atoms with E-state index in [1.54, 1.807) is 0 Å². The second kappa shape index (κ2) is 5.05. The van der Waals surface area contributed by atoms with E-state index in [1.165, 1.54) is 17.8 Å². The van der Waals surface area contributed by atoms with Gasteiger partial charge in [0.1, 0.15) is 9.71 Å². The number of pyridine rings is 1. The van der Waals surface area contributed by atoms with Crippen molar-refractivity contribution in [2.24, 2.45) is 0 Å². The van der Waals surface area contributed by atoms with Crippen LogP contribution in [-0.4, -0.2) is 28.4 Å². The van der Waals surface area contributed by atoms with E-state index < -0.39 is 0 Å². The highest BCUT2D eigenvalue weighted by molar-refractivity contribution is 7.21. The lowest BCUT2D eigenvalue weighted by molar-refractivity contribution is 0.0642. The van der Waals surface area contributed by atoms with E-state index in [1.807, 2.05) is 24.0 Å². The van der Waals surface area contributed by atoms with Crippen molar-refractivity contribution in [3.8, 4) is 0 Å². The number of piperidine rings is 1. The first-order valence-corrected chi connectivity index (χ1v) is 7.86. The molecule has 0 aromatic carbocycles. The second-order valence-electron chi connectivity index (χ2n) is 5.49. The molecule has 3 rings (SSSR count). The van der Waals surface area contributed by atoms with Crippen LogP contribution in [0, 0.1) is 6.92 Å². The summed E-state index contributed by atoms with van der Waals surface area (Å²) in [5.74, 6) is 0.0651. The zero-order valence-electron chi connectivity index (χ0n) is 11.8. The van der Waals surface area contributed by atoms with E-state index in [9.17, 15) is 4.79 Å². The first kappa shape index (κ1) is 13.4. The molecule has 1 unspecified atom stereocenters. The minimum atomic E-state index is 0.0651. The van der Waals surface area contributed by atoms with Crippen LogP contribution < -0.4 is 5.73 Å². The highest BCUT2D eigenvalue weighted by atomic mass is 32.1. The summed E-state index contributed by atoms with van der Waals surface area (Å²) in [7, 11) is 0. The molecule has 1 aliphatic heterocycles. The van der Waals surface area contributed by atoms with Gasteiger partial charge in [0.05, 0.1) is 5.69 Å². The Hall–Kier alpha value is -1.62. The number of rotatable bonds is 1. The van der Waals surface area contributed by atoms with E-state index in [4.69, 9.17) is 5.73 Å². The lowest BCUT2D eigenvalue weighted by Crippen LogP contribution is -2.41. The molecule has 0 saturated carbocycles. The molecule has 5 heteroatoms. The van der Waals surface area contributed by atoms with Crippen molar-refractivity contribution < 1.29 is 4.79 Å². The molecular formula is C15H19N3OS. The normalized spacial score (nSPS) is 19.5. The number of fused-ring (bicyclic) bond motifs is 1. The number of hydrogen-bond acceptors (Lipinski definition) is 4. The topological polar surface area (TPSA) is 59.2 Å². The van der Waals surface area contributed by atoms with Crippen molar-refractivity contribution in [1.29, 1.82) is 0 Å². The molecule has 1 amide bonds. The van der Waals surface area contributed by atoms with Crippen LogP contribution in [0.15, 0.2) is 12.1 Å². The average molecular weight is 289 g/mol. The van der Waals surface area contributed by atoms with Gasteiger partial charge >= 0.3 is 0 Å². The number of thiophene rings is 1. The number of hydrogen-bond donors (Lipinski definition) is 1. The van der Waals surface area contributed by atoms with Crippen molar-refractivity contribution in [2.75, 3.05) is 12.3 Å². The molecule has 20 heavy (non-hydrogen) atoms. The molecule has 2 aromatic heterocycles. The number of likely N-dealkylation sites (tertiary alicyclic amines) is 1. The number of carbonyl (C=O) groups excluding carboxylic acids is 1. The number of amides is 1. The number of anilines is 1. The van der Waals surface area contributed by atoms with Gasteiger partial charge in [-0.15, -0.1) is 11.3 Å². The summed E-state index contributed by atoms with van der Waals surface area (Å²) in [5, 5.41) is 0.897. The quantitative estimate of drug-likeness (QED) is 0.877. The fraction of sp³-hybridized carbons (Fsp3) is 0.467. The molecule has 0 spiro atoms. The number of nitrogen functional groups attached to an aromatic ring is 1. The van der Waals surface area contributed by atoms with E-state index >= 15 is 0 Å². The van der Waals surface area contributed by atoms with Crippen molar-refractivity contribution in [3.05, 3.63) is 22.7 Å². The maximum absolute atomic E-state index is 12.7. The van der Waals surface area contributed by atoms with Crippen molar-refractivity contribution in [1.82, 2.24) is 9.88 Å². The van der Waals surface area contributed by atoms with Gasteiger partial charge in [0, 0.05) is 23.7 Å². The summed E-state index contributed by atoms with van der Waals surface area (Å²) in [4.78, 5) is 20.6. The Balaban J connectivity index is 2.01. The SMILES string of the molecule is Cc1ccc2c(N)c(C(=O)N3CCCCC3C)sc2n1. The van der Waals surface area contributed by atoms with Crippen LogP contribution >= 0.6 is 11.3 Å². The molecule has 0 bridgehead atoms. The third-order valence-electron chi connectivity index (χ3n) is 3.99. The summed E-state index contributed by atoms with van der Waals surface area (Å²) in [6, 6.07) is 4.19. The Kier molecular flexibility index (Phi) is 3.38. The first-order chi connectivity index (χ1) is 9.58. The fourth-order valence-electron chi connectivity index (χ4n) is 2.78. The maximum atomic E-state index is 12.7. The lowest BCUT2D eigenvalue weighted by Gasteiger charge is -2.33. The van der Waals surface area contributed by atoms with Gasteiger partial charge in [0.25, 0.3) is 5.91 Å². The van der Waals surface area contributed by atoms with Gasteiger partial charge in [-0.05, 0) is 45.2 Å². The Morgan fingerprint density at radius 2 is 2.25 bits per heavy atom. The van der Waals surface area contributed by atoms with Crippen molar-refractivity contribution in [3.63, 3.8) is 0 Å².